The van der Waals surface area contributed by atoms with E-state index in [2.05, 4.69) is 104 Å². The lowest BCUT2D eigenvalue weighted by atomic mass is 9.77. The molecule has 4 aromatic rings. The van der Waals surface area contributed by atoms with Gasteiger partial charge in [-0.25, -0.2) is 4.98 Å². The van der Waals surface area contributed by atoms with Crippen molar-refractivity contribution in [2.45, 2.75) is 57.2 Å². The third-order valence-electron chi connectivity index (χ3n) is 8.61. The van der Waals surface area contributed by atoms with E-state index in [0.29, 0.717) is 19.5 Å². The Balaban J connectivity index is 1.56. The van der Waals surface area contributed by atoms with Crippen molar-refractivity contribution in [3.63, 3.8) is 0 Å². The standard InChI is InChI=1S/C32H36BrN5O/c1-4-28(39)38-19-18-37(29-25-15-17-34-30(25)35-20-26(29)22-8-6-5-7-9-22)21-32(38,23-10-12-24(33)13-11-23)27-14-16-31(2,3)36-27/h5-13,15,17,20,27,36H,4,14,16,18-19,21H2,1-3H3,(H,34,35)/t27-,32+/m0/s1. The maximum atomic E-state index is 13.7. The van der Waals surface area contributed by atoms with Crippen molar-refractivity contribution in [2.75, 3.05) is 24.5 Å². The molecule has 0 bridgehead atoms. The number of nitrogens with zero attached hydrogens (tertiary/aromatic N) is 3. The highest BCUT2D eigenvalue weighted by Crippen LogP contribution is 2.46. The lowest BCUT2D eigenvalue weighted by molar-refractivity contribution is -0.140. The summed E-state index contributed by atoms with van der Waals surface area (Å²) in [5.74, 6) is 0.203. The van der Waals surface area contributed by atoms with Crippen LogP contribution in [0.5, 0.6) is 0 Å². The number of nitrogens with one attached hydrogen (secondary N) is 2. The van der Waals surface area contributed by atoms with Crippen LogP contribution in [0.15, 0.2) is 77.5 Å². The fraction of sp³-hybridized carbons (Fsp3) is 0.375. The molecular formula is C32H36BrN5O. The molecule has 2 aliphatic heterocycles. The van der Waals surface area contributed by atoms with Gasteiger partial charge in [0.25, 0.3) is 0 Å². The van der Waals surface area contributed by atoms with E-state index in [0.717, 1.165) is 46.0 Å². The molecule has 2 saturated heterocycles. The number of halogens is 1. The first kappa shape index (κ1) is 26.1. The third kappa shape index (κ3) is 4.55. The molecule has 39 heavy (non-hydrogen) atoms. The summed E-state index contributed by atoms with van der Waals surface area (Å²) >= 11 is 3.64. The summed E-state index contributed by atoms with van der Waals surface area (Å²) in [4.78, 5) is 26.5. The highest BCUT2D eigenvalue weighted by atomic mass is 79.9. The van der Waals surface area contributed by atoms with E-state index in [1.54, 1.807) is 0 Å². The molecule has 1 amide bonds. The van der Waals surface area contributed by atoms with Crippen LogP contribution in [-0.4, -0.2) is 52.0 Å². The molecule has 2 aromatic heterocycles. The van der Waals surface area contributed by atoms with Gasteiger partial charge in [-0.2, -0.15) is 0 Å². The molecule has 2 aliphatic rings. The molecule has 6 rings (SSSR count). The van der Waals surface area contributed by atoms with Crippen molar-refractivity contribution in [2.24, 2.45) is 0 Å². The monoisotopic (exact) mass is 585 g/mol. The van der Waals surface area contributed by atoms with Gasteiger partial charge in [0.2, 0.25) is 5.91 Å². The Hall–Kier alpha value is -3.16. The zero-order valence-electron chi connectivity index (χ0n) is 22.9. The number of aromatic amines is 1. The molecule has 0 aliphatic carbocycles. The van der Waals surface area contributed by atoms with Crippen molar-refractivity contribution in [3.8, 4) is 11.1 Å². The van der Waals surface area contributed by atoms with Crippen LogP contribution < -0.4 is 10.2 Å². The molecule has 0 unspecified atom stereocenters. The summed E-state index contributed by atoms with van der Waals surface area (Å²) in [6, 6.07) is 21.4. The zero-order chi connectivity index (χ0) is 27.2. The molecule has 2 aromatic carbocycles. The number of hydrogen-bond donors (Lipinski definition) is 2. The van der Waals surface area contributed by atoms with Gasteiger partial charge in [-0.1, -0.05) is 65.3 Å². The summed E-state index contributed by atoms with van der Waals surface area (Å²) in [6.45, 7) is 8.63. The SMILES string of the molecule is CCC(=O)N1CCN(c2c(-c3ccccc3)cnc3[nH]ccc23)C[C@@]1(c1ccc(Br)cc1)[C@@H]1CCC(C)(C)N1. The second-order valence-electron chi connectivity index (χ2n) is 11.5. The lowest BCUT2D eigenvalue weighted by Gasteiger charge is -2.55. The molecule has 4 heterocycles. The van der Waals surface area contributed by atoms with Crippen molar-refractivity contribution in [3.05, 3.63) is 83.1 Å². The quantitative estimate of drug-likeness (QED) is 0.281. The normalized spacial score (nSPS) is 22.9. The number of benzene rings is 2. The average Bonchev–Trinajstić information content (AvgIpc) is 3.58. The van der Waals surface area contributed by atoms with Crippen molar-refractivity contribution in [1.82, 2.24) is 20.2 Å². The van der Waals surface area contributed by atoms with Crippen LogP contribution in [0.25, 0.3) is 22.2 Å². The number of H-pyrrole nitrogens is 1. The molecule has 0 spiro atoms. The van der Waals surface area contributed by atoms with Gasteiger partial charge in [0.05, 0.1) is 5.69 Å². The molecule has 0 saturated carbocycles. The average molecular weight is 587 g/mol. The van der Waals surface area contributed by atoms with E-state index < -0.39 is 5.54 Å². The number of pyridine rings is 1. The Kier molecular flexibility index (Phi) is 6.76. The van der Waals surface area contributed by atoms with Crippen LogP contribution in [0.4, 0.5) is 5.69 Å². The molecule has 202 valence electrons. The van der Waals surface area contributed by atoms with Gasteiger partial charge in [-0.15, -0.1) is 0 Å². The number of hydrogen-bond acceptors (Lipinski definition) is 4. The largest absolute Gasteiger partial charge is 0.366 e. The van der Waals surface area contributed by atoms with E-state index in [4.69, 9.17) is 4.98 Å². The predicted octanol–water partition coefficient (Wildman–Crippen LogP) is 6.48. The minimum Gasteiger partial charge on any atom is -0.366 e. The zero-order valence-corrected chi connectivity index (χ0v) is 24.5. The van der Waals surface area contributed by atoms with Crippen molar-refractivity contribution in [1.29, 1.82) is 0 Å². The Morgan fingerprint density at radius 3 is 2.54 bits per heavy atom. The highest BCUT2D eigenvalue weighted by molar-refractivity contribution is 9.10. The first-order valence-electron chi connectivity index (χ1n) is 13.9. The molecule has 6 nitrogen and oxygen atoms in total. The number of carbonyl (C=O) groups is 1. The second-order valence-corrected chi connectivity index (χ2v) is 12.4. The minimum absolute atomic E-state index is 0.00993. The second kappa shape index (κ2) is 10.1. The predicted molar refractivity (Wildman–Crippen MR) is 162 cm³/mol. The van der Waals surface area contributed by atoms with E-state index in [1.165, 1.54) is 11.3 Å². The van der Waals surface area contributed by atoms with Crippen LogP contribution in [0.2, 0.25) is 0 Å². The van der Waals surface area contributed by atoms with Crippen molar-refractivity contribution >= 4 is 38.6 Å². The number of anilines is 1. The number of fused-ring (bicyclic) bond motifs is 1. The lowest BCUT2D eigenvalue weighted by Crippen LogP contribution is -2.69. The Labute approximate surface area is 238 Å². The number of rotatable bonds is 5. The summed E-state index contributed by atoms with van der Waals surface area (Å²) in [6.07, 6.45) is 6.52. The number of piperazine rings is 1. The van der Waals surface area contributed by atoms with Gasteiger partial charge in [-0.05, 0) is 56.0 Å². The molecule has 0 radical (unpaired) electrons. The fourth-order valence-corrected chi connectivity index (χ4v) is 7.00. The topological polar surface area (TPSA) is 64.3 Å². The van der Waals surface area contributed by atoms with Gasteiger partial charge in [0.1, 0.15) is 11.2 Å². The first-order chi connectivity index (χ1) is 18.8. The molecule has 7 heteroatoms. The number of carbonyl (C=O) groups excluding carboxylic acids is 1. The van der Waals surface area contributed by atoms with Crippen LogP contribution in [0.1, 0.15) is 45.6 Å². The first-order valence-corrected chi connectivity index (χ1v) is 14.7. The molecule has 2 N–H and O–H groups in total. The van der Waals surface area contributed by atoms with Gasteiger partial charge < -0.3 is 20.1 Å². The summed E-state index contributed by atoms with van der Waals surface area (Å²) in [5, 5.41) is 5.07. The van der Waals surface area contributed by atoms with Crippen molar-refractivity contribution < 1.29 is 4.79 Å². The summed E-state index contributed by atoms with van der Waals surface area (Å²) in [5.41, 5.74) is 4.97. The van der Waals surface area contributed by atoms with Gasteiger partial charge in [-0.3, -0.25) is 4.79 Å². The van der Waals surface area contributed by atoms with E-state index in [-0.39, 0.29) is 17.5 Å². The molecule has 2 fully saturated rings. The van der Waals surface area contributed by atoms with E-state index in [9.17, 15) is 4.79 Å². The van der Waals surface area contributed by atoms with Gasteiger partial charge >= 0.3 is 0 Å². The Bertz CT molecular complexity index is 1480. The molecule has 2 atom stereocenters. The van der Waals surface area contributed by atoms with Gasteiger partial charge in [0, 0.05) is 65.5 Å². The third-order valence-corrected chi connectivity index (χ3v) is 9.14. The van der Waals surface area contributed by atoms with Crippen LogP contribution in [0, 0.1) is 0 Å². The molecular weight excluding hydrogens is 550 g/mol. The highest BCUT2D eigenvalue weighted by Gasteiger charge is 2.54. The van der Waals surface area contributed by atoms with E-state index >= 15 is 0 Å². The maximum absolute atomic E-state index is 13.7. The Morgan fingerprint density at radius 2 is 1.85 bits per heavy atom. The fourth-order valence-electron chi connectivity index (χ4n) is 6.73. The van der Waals surface area contributed by atoms with Crippen LogP contribution in [-0.2, 0) is 10.3 Å². The minimum atomic E-state index is -0.528. The number of amides is 1. The maximum Gasteiger partial charge on any atom is 0.223 e. The van der Waals surface area contributed by atoms with E-state index in [1.807, 2.05) is 25.4 Å². The smallest absolute Gasteiger partial charge is 0.223 e. The number of aromatic nitrogens is 2. The van der Waals surface area contributed by atoms with Gasteiger partial charge in [0.15, 0.2) is 0 Å². The Morgan fingerprint density at radius 1 is 1.08 bits per heavy atom. The van der Waals surface area contributed by atoms with Crippen LogP contribution in [0.3, 0.4) is 0 Å². The van der Waals surface area contributed by atoms with Crippen LogP contribution >= 0.6 is 15.9 Å². The summed E-state index contributed by atoms with van der Waals surface area (Å²) in [7, 11) is 0. The summed E-state index contributed by atoms with van der Waals surface area (Å²) < 4.78 is 1.04.